The van der Waals surface area contributed by atoms with E-state index in [4.69, 9.17) is 4.74 Å². The molecule has 0 amide bonds. The Labute approximate surface area is 127 Å². The van der Waals surface area contributed by atoms with Crippen molar-refractivity contribution < 1.29 is 19.4 Å². The SMILES string of the molecule is O=C(OC1(C(=O)O)CCCCC1)C1CCCCC1.[GaH3]. The van der Waals surface area contributed by atoms with Gasteiger partial charge >= 0.3 is 31.7 Å². The van der Waals surface area contributed by atoms with Crippen molar-refractivity contribution in [2.24, 2.45) is 5.92 Å². The van der Waals surface area contributed by atoms with E-state index in [0.29, 0.717) is 12.8 Å². The molecule has 0 saturated heterocycles. The maximum atomic E-state index is 12.1. The molecule has 0 aromatic heterocycles. The summed E-state index contributed by atoms with van der Waals surface area (Å²) in [5, 5.41) is 9.36. The molecule has 19 heavy (non-hydrogen) atoms. The van der Waals surface area contributed by atoms with Gasteiger partial charge < -0.3 is 9.84 Å². The van der Waals surface area contributed by atoms with Crippen molar-refractivity contribution in [2.75, 3.05) is 0 Å². The van der Waals surface area contributed by atoms with Gasteiger partial charge in [0.05, 0.1) is 5.92 Å². The number of esters is 1. The van der Waals surface area contributed by atoms with Gasteiger partial charge in [-0.3, -0.25) is 4.79 Å². The topological polar surface area (TPSA) is 63.6 Å². The van der Waals surface area contributed by atoms with Crippen molar-refractivity contribution in [3.05, 3.63) is 0 Å². The summed E-state index contributed by atoms with van der Waals surface area (Å²) in [4.78, 5) is 23.5. The van der Waals surface area contributed by atoms with E-state index in [9.17, 15) is 14.7 Å². The van der Waals surface area contributed by atoms with E-state index in [1.807, 2.05) is 0 Å². The van der Waals surface area contributed by atoms with Crippen LogP contribution in [0.15, 0.2) is 0 Å². The Hall–Kier alpha value is -0.424. The van der Waals surface area contributed by atoms with Gasteiger partial charge in [0.25, 0.3) is 0 Å². The van der Waals surface area contributed by atoms with Gasteiger partial charge in [-0.2, -0.15) is 0 Å². The molecule has 0 heterocycles. The average Bonchev–Trinajstić information content (AvgIpc) is 2.40. The predicted octanol–water partition coefficient (Wildman–Crippen LogP) is 1.71. The van der Waals surface area contributed by atoms with Gasteiger partial charge in [-0.25, -0.2) is 4.79 Å². The summed E-state index contributed by atoms with van der Waals surface area (Å²) in [6.45, 7) is 0. The first-order chi connectivity index (χ1) is 8.64. The van der Waals surface area contributed by atoms with Crippen LogP contribution < -0.4 is 0 Å². The Morgan fingerprint density at radius 3 is 2.00 bits per heavy atom. The molecule has 108 valence electrons. The van der Waals surface area contributed by atoms with E-state index in [-0.39, 0.29) is 31.7 Å². The van der Waals surface area contributed by atoms with Crippen molar-refractivity contribution in [3.8, 4) is 0 Å². The molecule has 2 rings (SSSR count). The Morgan fingerprint density at radius 2 is 1.47 bits per heavy atom. The first kappa shape index (κ1) is 16.6. The Morgan fingerprint density at radius 1 is 0.947 bits per heavy atom. The van der Waals surface area contributed by atoms with Gasteiger partial charge in [-0.15, -0.1) is 0 Å². The zero-order valence-corrected chi connectivity index (χ0v) is 10.8. The molecule has 0 spiro atoms. The third-order valence-corrected chi connectivity index (χ3v) is 4.29. The molecular formula is C14H25GaO4. The Kier molecular flexibility index (Phi) is 6.46. The molecular weight excluding hydrogens is 302 g/mol. The summed E-state index contributed by atoms with van der Waals surface area (Å²) >= 11 is 0. The van der Waals surface area contributed by atoms with E-state index >= 15 is 0 Å². The van der Waals surface area contributed by atoms with Crippen LogP contribution in [0.3, 0.4) is 0 Å². The van der Waals surface area contributed by atoms with E-state index < -0.39 is 11.6 Å². The first-order valence-electron chi connectivity index (χ1n) is 7.10. The van der Waals surface area contributed by atoms with Crippen LogP contribution in [0.2, 0.25) is 0 Å². The summed E-state index contributed by atoms with van der Waals surface area (Å²) in [6, 6.07) is 0. The first-order valence-corrected chi connectivity index (χ1v) is 7.10. The second kappa shape index (κ2) is 7.38. The van der Waals surface area contributed by atoms with Crippen molar-refractivity contribution in [1.82, 2.24) is 0 Å². The van der Waals surface area contributed by atoms with E-state index in [1.54, 1.807) is 0 Å². The fourth-order valence-electron chi connectivity index (χ4n) is 3.10. The van der Waals surface area contributed by atoms with Gasteiger partial charge in [0.2, 0.25) is 5.60 Å². The third-order valence-electron chi connectivity index (χ3n) is 4.29. The second-order valence-corrected chi connectivity index (χ2v) is 5.62. The van der Waals surface area contributed by atoms with Crippen LogP contribution in [0.1, 0.15) is 64.2 Å². The second-order valence-electron chi connectivity index (χ2n) is 5.62. The van der Waals surface area contributed by atoms with Gasteiger partial charge in [0.1, 0.15) is 0 Å². The molecule has 1 N–H and O–H groups in total. The number of carbonyl (C=O) groups is 2. The number of rotatable bonds is 3. The number of carboxylic acids is 1. The number of hydrogen-bond acceptors (Lipinski definition) is 3. The predicted molar refractivity (Wildman–Crippen MR) is 76.1 cm³/mol. The molecule has 4 nitrogen and oxygen atoms in total. The zero-order chi connectivity index (χ0) is 13.0. The minimum absolute atomic E-state index is 0. The van der Waals surface area contributed by atoms with Gasteiger partial charge in [-0.05, 0) is 38.5 Å². The van der Waals surface area contributed by atoms with Gasteiger partial charge in [-0.1, -0.05) is 25.7 Å². The van der Waals surface area contributed by atoms with Crippen LogP contribution in [0, 0.1) is 5.92 Å². The van der Waals surface area contributed by atoms with Crippen LogP contribution in [0.25, 0.3) is 0 Å². The van der Waals surface area contributed by atoms with E-state index in [0.717, 1.165) is 44.9 Å². The molecule has 0 atom stereocenters. The molecule has 0 unspecified atom stereocenters. The quantitative estimate of drug-likeness (QED) is 0.633. The maximum absolute atomic E-state index is 12.1. The monoisotopic (exact) mass is 326 g/mol. The van der Waals surface area contributed by atoms with Gasteiger partial charge in [0.15, 0.2) is 0 Å². The van der Waals surface area contributed by atoms with Crippen molar-refractivity contribution in [2.45, 2.75) is 69.8 Å². The molecule has 0 radical (unpaired) electrons. The van der Waals surface area contributed by atoms with Crippen LogP contribution >= 0.6 is 0 Å². The van der Waals surface area contributed by atoms with Crippen molar-refractivity contribution >= 4 is 31.7 Å². The van der Waals surface area contributed by atoms with E-state index in [1.165, 1.54) is 6.42 Å². The summed E-state index contributed by atoms with van der Waals surface area (Å²) in [7, 11) is 0. The summed E-state index contributed by atoms with van der Waals surface area (Å²) in [5.41, 5.74) is -1.23. The number of carboxylic acid groups (broad SMARTS) is 1. The average molecular weight is 327 g/mol. The van der Waals surface area contributed by atoms with Gasteiger partial charge in [0, 0.05) is 0 Å². The van der Waals surface area contributed by atoms with E-state index in [2.05, 4.69) is 0 Å². The fourth-order valence-corrected chi connectivity index (χ4v) is 3.10. The molecule has 0 bridgehead atoms. The van der Waals surface area contributed by atoms with Crippen molar-refractivity contribution in [3.63, 3.8) is 0 Å². The standard InChI is InChI=1S/C14H22O4.Ga.3H/c15-12(11-7-3-1-4-8-11)18-14(13(16)17)9-5-2-6-10-14;;;;/h11H,1-10H2,(H,16,17);;;;. The third kappa shape index (κ3) is 4.02. The summed E-state index contributed by atoms with van der Waals surface area (Å²) in [6.07, 6.45) is 8.66. The molecule has 0 aromatic carbocycles. The molecule has 0 aliphatic heterocycles. The summed E-state index contributed by atoms with van der Waals surface area (Å²) in [5.74, 6) is -1.32. The number of hydrogen-bond donors (Lipinski definition) is 1. The molecule has 2 saturated carbocycles. The van der Waals surface area contributed by atoms with Crippen LogP contribution in [0.5, 0.6) is 0 Å². The zero-order valence-electron chi connectivity index (χ0n) is 10.8. The molecule has 5 heteroatoms. The number of ether oxygens (including phenoxy) is 1. The van der Waals surface area contributed by atoms with Crippen LogP contribution in [0.4, 0.5) is 0 Å². The normalized spacial score (nSPS) is 23.2. The Bertz CT molecular complexity index is 317. The molecule has 2 aliphatic rings. The van der Waals surface area contributed by atoms with Crippen LogP contribution in [-0.4, -0.2) is 42.4 Å². The molecule has 2 fully saturated rings. The minimum atomic E-state index is -1.23. The summed E-state index contributed by atoms with van der Waals surface area (Å²) < 4.78 is 5.44. The van der Waals surface area contributed by atoms with Crippen molar-refractivity contribution in [1.29, 1.82) is 0 Å². The Balaban J connectivity index is 0.00000180. The van der Waals surface area contributed by atoms with Crippen LogP contribution in [-0.2, 0) is 14.3 Å². The molecule has 2 aliphatic carbocycles. The fraction of sp³-hybridized carbons (Fsp3) is 0.857. The number of aliphatic carboxylic acids is 1. The molecule has 0 aromatic rings. The number of carbonyl (C=O) groups excluding carboxylic acids is 1.